The summed E-state index contributed by atoms with van der Waals surface area (Å²) in [6.45, 7) is 1.43. The van der Waals surface area contributed by atoms with Gasteiger partial charge in [0.2, 0.25) is 0 Å². The van der Waals surface area contributed by atoms with E-state index in [0.29, 0.717) is 16.5 Å². The van der Waals surface area contributed by atoms with Gasteiger partial charge in [-0.25, -0.2) is 9.59 Å². The lowest BCUT2D eigenvalue weighted by Gasteiger charge is -2.28. The van der Waals surface area contributed by atoms with Gasteiger partial charge in [-0.1, -0.05) is 186 Å². The highest BCUT2D eigenvalue weighted by molar-refractivity contribution is 9.08. The van der Waals surface area contributed by atoms with Crippen LogP contribution in [0.25, 0.3) is 0 Å². The van der Waals surface area contributed by atoms with Crippen LogP contribution in [-0.2, 0) is 11.5 Å². The smallest absolute Gasteiger partial charge is 0.335 e. The number of carboxylic acid groups (broad SMARTS) is 2. The van der Waals surface area contributed by atoms with Crippen LogP contribution in [0.3, 0.4) is 0 Å². The maximum atomic E-state index is 11.5. The summed E-state index contributed by atoms with van der Waals surface area (Å²) in [4.78, 5) is 22.0. The third-order valence-electron chi connectivity index (χ3n) is 9.56. The summed E-state index contributed by atoms with van der Waals surface area (Å²) in [5, 5.41) is 34.1. The van der Waals surface area contributed by atoms with Crippen molar-refractivity contribution in [1.82, 2.24) is 0 Å². The van der Waals surface area contributed by atoms with Gasteiger partial charge in [0.15, 0.2) is 0 Å². The first-order valence-corrected chi connectivity index (χ1v) is 24.3. The maximum absolute atomic E-state index is 11.5. The molecule has 8 aromatic rings. The highest BCUT2D eigenvalue weighted by atomic mass is 79.9. The lowest BCUT2D eigenvalue weighted by molar-refractivity contribution is -0.0000422. The standard InChI is InChI=1S/C26H21O2P.C18H15P.C8H7BrO2.C2H3N.BrH/c27-26(28)22-12-10-11-21(19-22)20-29(23-13-4-1-5-14-23,24-15-6-2-7-16-24)25-17-8-3-9-18-25;1-4-10-16(11-5-1)19(17-12-6-2-7-13-17)18-14-8-3-9-15-18;9-5-6-2-1-3-7(4-6)8(10)11;1-2-3;/h1-19H,20H2;1-15H;1-4H,5H2,(H,10,11);1H3;1H. The molecule has 0 aromatic heterocycles. The van der Waals surface area contributed by atoms with Crippen molar-refractivity contribution in [2.75, 3.05) is 0 Å². The average Bonchev–Trinajstić information content (AvgIpc) is 3.33. The van der Waals surface area contributed by atoms with Crippen molar-refractivity contribution < 1.29 is 36.8 Å². The van der Waals surface area contributed by atoms with Crippen LogP contribution >= 0.6 is 31.1 Å². The number of benzene rings is 8. The number of carboxylic acids is 2. The summed E-state index contributed by atoms with van der Waals surface area (Å²) in [5.74, 6) is -1.78. The topological polar surface area (TPSA) is 98.4 Å². The Bertz CT molecular complexity index is 2430. The highest BCUT2D eigenvalue weighted by Gasteiger charge is 2.45. The van der Waals surface area contributed by atoms with Crippen LogP contribution < -0.4 is 48.8 Å². The minimum atomic E-state index is -2.02. The van der Waals surface area contributed by atoms with Gasteiger partial charge in [0.05, 0.1) is 23.4 Å². The molecule has 9 heteroatoms. The van der Waals surface area contributed by atoms with Gasteiger partial charge in [-0.05, 0) is 95.6 Å². The number of hydrogen-bond acceptors (Lipinski definition) is 3. The Morgan fingerprint density at radius 2 is 0.778 bits per heavy atom. The molecule has 5 nitrogen and oxygen atoms in total. The third kappa shape index (κ3) is 14.3. The van der Waals surface area contributed by atoms with Gasteiger partial charge in [0, 0.05) is 12.3 Å². The molecular formula is C54H47Br2NO4P2. The summed E-state index contributed by atoms with van der Waals surface area (Å²) in [6.07, 6.45) is 0.770. The fourth-order valence-corrected chi connectivity index (χ4v) is 13.7. The predicted octanol–water partition coefficient (Wildman–Crippen LogP) is 8.14. The average molecular weight is 996 g/mol. The van der Waals surface area contributed by atoms with Crippen molar-refractivity contribution in [3.8, 4) is 6.07 Å². The van der Waals surface area contributed by atoms with Crippen LogP contribution in [0.2, 0.25) is 0 Å². The number of rotatable bonds is 11. The number of nitrogens with zero attached hydrogens (tertiary/aromatic N) is 1. The van der Waals surface area contributed by atoms with Gasteiger partial charge in [-0.3, -0.25) is 0 Å². The van der Waals surface area contributed by atoms with E-state index in [-0.39, 0.29) is 17.0 Å². The first kappa shape index (κ1) is 49.7. The van der Waals surface area contributed by atoms with E-state index in [9.17, 15) is 14.7 Å². The summed E-state index contributed by atoms with van der Waals surface area (Å²) in [7, 11) is -2.46. The van der Waals surface area contributed by atoms with Gasteiger partial charge in [0.25, 0.3) is 0 Å². The number of hydrogen-bond donors (Lipinski definition) is 2. The second-order valence-corrected chi connectivity index (χ2v) is 20.0. The lowest BCUT2D eigenvalue weighted by atomic mass is 10.1. The molecule has 0 unspecified atom stereocenters. The van der Waals surface area contributed by atoms with Gasteiger partial charge in [0.1, 0.15) is 23.2 Å². The van der Waals surface area contributed by atoms with E-state index in [2.05, 4.69) is 180 Å². The van der Waals surface area contributed by atoms with Crippen LogP contribution in [0, 0.1) is 11.3 Å². The quantitative estimate of drug-likeness (QED) is 0.101. The number of carbonyl (C=O) groups is 2. The molecule has 8 rings (SSSR count). The molecule has 2 N–H and O–H groups in total. The van der Waals surface area contributed by atoms with Crippen LogP contribution in [0.4, 0.5) is 0 Å². The molecule has 0 radical (unpaired) electrons. The van der Waals surface area contributed by atoms with Crippen molar-refractivity contribution in [3.63, 3.8) is 0 Å². The van der Waals surface area contributed by atoms with Gasteiger partial charge < -0.3 is 27.2 Å². The monoisotopic (exact) mass is 993 g/mol. The largest absolute Gasteiger partial charge is 1.00 e. The molecule has 8 aromatic carbocycles. The molecule has 0 atom stereocenters. The molecule has 0 aliphatic heterocycles. The first-order chi connectivity index (χ1) is 30.3. The van der Waals surface area contributed by atoms with Crippen molar-refractivity contribution in [1.29, 1.82) is 5.26 Å². The van der Waals surface area contributed by atoms with Crippen molar-refractivity contribution in [2.24, 2.45) is 0 Å². The fraction of sp³-hybridized carbons (Fsp3) is 0.0556. The summed E-state index contributed by atoms with van der Waals surface area (Å²) in [6, 6.07) is 80.1. The molecule has 316 valence electrons. The highest BCUT2D eigenvalue weighted by Crippen LogP contribution is 2.58. The zero-order valence-electron chi connectivity index (χ0n) is 34.7. The zero-order valence-corrected chi connectivity index (χ0v) is 39.6. The lowest BCUT2D eigenvalue weighted by Crippen LogP contribution is -3.00. The third-order valence-corrected chi connectivity index (χ3v) is 17.0. The summed E-state index contributed by atoms with van der Waals surface area (Å²) < 4.78 is 0. The predicted molar refractivity (Wildman–Crippen MR) is 265 cm³/mol. The van der Waals surface area contributed by atoms with E-state index in [4.69, 9.17) is 10.4 Å². The number of aromatic carboxylic acids is 2. The normalized spacial score (nSPS) is 10.1. The van der Waals surface area contributed by atoms with E-state index in [1.165, 1.54) is 38.8 Å². The molecule has 0 heterocycles. The second-order valence-electron chi connectivity index (χ2n) is 13.7. The zero-order chi connectivity index (χ0) is 44.0. The molecule has 0 saturated heterocycles. The van der Waals surface area contributed by atoms with Crippen molar-refractivity contribution in [3.05, 3.63) is 253 Å². The Balaban J connectivity index is 0.000000220. The Hall–Kier alpha value is -5.99. The van der Waals surface area contributed by atoms with E-state index in [1.54, 1.807) is 30.3 Å². The molecule has 0 aliphatic carbocycles. The number of alkyl halides is 1. The van der Waals surface area contributed by atoms with Crippen LogP contribution in [0.5, 0.6) is 0 Å². The van der Waals surface area contributed by atoms with Gasteiger partial charge in [-0.15, -0.1) is 0 Å². The second kappa shape index (κ2) is 26.5. The van der Waals surface area contributed by atoms with Crippen LogP contribution in [0.1, 0.15) is 38.8 Å². The Morgan fingerprint density at radius 1 is 0.492 bits per heavy atom. The van der Waals surface area contributed by atoms with E-state index < -0.39 is 27.1 Å². The minimum Gasteiger partial charge on any atom is -1.00 e. The molecule has 63 heavy (non-hydrogen) atoms. The van der Waals surface area contributed by atoms with Gasteiger partial charge >= 0.3 is 11.9 Å². The minimum absolute atomic E-state index is 0. The molecular weight excluding hydrogens is 948 g/mol. The van der Waals surface area contributed by atoms with Gasteiger partial charge in [-0.2, -0.15) is 5.26 Å². The van der Waals surface area contributed by atoms with Crippen LogP contribution in [-0.4, -0.2) is 22.2 Å². The summed E-state index contributed by atoms with van der Waals surface area (Å²) >= 11 is 3.25. The Morgan fingerprint density at radius 3 is 1.08 bits per heavy atom. The number of halogens is 2. The molecule has 0 spiro atoms. The molecule has 0 aliphatic rings. The van der Waals surface area contributed by atoms with E-state index in [0.717, 1.165) is 17.3 Å². The Labute approximate surface area is 391 Å². The number of nitriles is 1. The summed E-state index contributed by atoms with van der Waals surface area (Å²) in [5.41, 5.74) is 2.68. The molecule has 0 saturated carbocycles. The van der Waals surface area contributed by atoms with Crippen LogP contribution in [0.15, 0.2) is 231 Å². The maximum Gasteiger partial charge on any atom is 0.335 e. The van der Waals surface area contributed by atoms with E-state index in [1.807, 2.05) is 42.5 Å². The molecule has 0 bridgehead atoms. The SMILES string of the molecule is CC#N.O=C(O)c1cccc(CBr)c1.O=C(O)c1cccc(C[P+](c2ccccc2)(c2ccccc2)c2ccccc2)c1.[Br-].c1ccc(P(c2ccccc2)c2ccccc2)cc1. The van der Waals surface area contributed by atoms with E-state index >= 15 is 0 Å². The first-order valence-electron chi connectivity index (χ1n) is 19.8. The Kier molecular flexibility index (Phi) is 20.9. The van der Waals surface area contributed by atoms with Crippen molar-refractivity contribution in [2.45, 2.75) is 18.4 Å². The fourth-order valence-electron chi connectivity index (χ4n) is 6.81. The molecule has 0 amide bonds. The molecule has 0 fully saturated rings. The van der Waals surface area contributed by atoms with Crippen molar-refractivity contribution >= 4 is 74.9 Å².